The Morgan fingerprint density at radius 1 is 1.30 bits per heavy atom. The summed E-state index contributed by atoms with van der Waals surface area (Å²) in [4.78, 5) is 21.3. The molecule has 0 aromatic carbocycles. The average molecular weight is 409 g/mol. The van der Waals surface area contributed by atoms with Crippen molar-refractivity contribution >= 4 is 15.9 Å². The largest absolute Gasteiger partial charge is 0.511 e. The molecule has 0 aliphatic heterocycles. The molecule has 11 heteroatoms. The van der Waals surface area contributed by atoms with Crippen LogP contribution in [0.15, 0.2) is 24.5 Å². The number of nitrogens with one attached hydrogen (secondary N) is 1. The van der Waals surface area contributed by atoms with Crippen LogP contribution in [0.3, 0.4) is 0 Å². The number of carbonyl (C=O) groups is 1. The molecule has 27 heavy (non-hydrogen) atoms. The van der Waals surface area contributed by atoms with Crippen LogP contribution in [0.1, 0.15) is 37.0 Å². The molecule has 0 bridgehead atoms. The fraction of sp³-hybridized carbons (Fsp3) is 0.625. The van der Waals surface area contributed by atoms with Crippen molar-refractivity contribution < 1.29 is 31.2 Å². The molecule has 1 aromatic heterocycles. The maximum absolute atomic E-state index is 12.9. The second kappa shape index (κ2) is 8.11. The zero-order valence-electron chi connectivity index (χ0n) is 15.1. The van der Waals surface area contributed by atoms with Crippen LogP contribution in [0.5, 0.6) is 0 Å². The number of hydroxylamine groups is 1. The first-order valence-corrected chi connectivity index (χ1v) is 9.81. The van der Waals surface area contributed by atoms with Gasteiger partial charge in [-0.25, -0.2) is 13.9 Å². The SMILES string of the molecule is CC(C1CC1)C(ONC(=O)c1ccncc1)[C@H](C)N(C)S(=O)(=O)C(F)(F)F. The van der Waals surface area contributed by atoms with Crippen LogP contribution >= 0.6 is 0 Å². The third-order valence-corrected chi connectivity index (χ3v) is 6.51. The molecule has 1 heterocycles. The van der Waals surface area contributed by atoms with E-state index in [1.807, 2.05) is 0 Å². The van der Waals surface area contributed by atoms with Crippen molar-refractivity contribution in [2.24, 2.45) is 11.8 Å². The van der Waals surface area contributed by atoms with Crippen molar-refractivity contribution in [1.29, 1.82) is 0 Å². The first kappa shape index (κ1) is 21.6. The third-order valence-electron chi connectivity index (χ3n) is 4.83. The lowest BCUT2D eigenvalue weighted by Gasteiger charge is -2.34. The van der Waals surface area contributed by atoms with E-state index in [-0.39, 0.29) is 21.7 Å². The van der Waals surface area contributed by atoms with Gasteiger partial charge < -0.3 is 0 Å². The maximum Gasteiger partial charge on any atom is 0.511 e. The predicted molar refractivity (Wildman–Crippen MR) is 90.7 cm³/mol. The van der Waals surface area contributed by atoms with Crippen LogP contribution in [0.25, 0.3) is 0 Å². The number of sulfonamides is 1. The van der Waals surface area contributed by atoms with Gasteiger partial charge in [0.2, 0.25) is 0 Å². The van der Waals surface area contributed by atoms with Crippen LogP contribution < -0.4 is 5.48 Å². The van der Waals surface area contributed by atoms with Gasteiger partial charge in [0.05, 0.1) is 6.04 Å². The van der Waals surface area contributed by atoms with E-state index >= 15 is 0 Å². The number of aromatic nitrogens is 1. The number of halogens is 3. The summed E-state index contributed by atoms with van der Waals surface area (Å²) in [5, 5.41) is 0. The number of pyridine rings is 1. The highest BCUT2D eigenvalue weighted by Gasteiger charge is 2.52. The Morgan fingerprint density at radius 2 is 1.85 bits per heavy atom. The van der Waals surface area contributed by atoms with E-state index in [1.165, 1.54) is 31.5 Å². The minimum absolute atomic E-state index is 0.206. The van der Waals surface area contributed by atoms with Gasteiger partial charge in [0.1, 0.15) is 6.10 Å². The van der Waals surface area contributed by atoms with Gasteiger partial charge in [-0.15, -0.1) is 0 Å². The van der Waals surface area contributed by atoms with Crippen LogP contribution in [-0.4, -0.2) is 48.3 Å². The standard InChI is InChI=1S/C16H22F3N3O4S/c1-10(12-4-5-12)14(11(2)22(3)27(24,25)16(17,18)19)26-21-15(23)13-6-8-20-9-7-13/h6-12,14H,4-5H2,1-3H3,(H,21,23)/t10?,11-,14?/m0/s1. The molecule has 0 saturated heterocycles. The van der Waals surface area contributed by atoms with E-state index in [1.54, 1.807) is 6.92 Å². The molecule has 0 spiro atoms. The highest BCUT2D eigenvalue weighted by molar-refractivity contribution is 7.90. The zero-order chi connectivity index (χ0) is 20.4. The lowest BCUT2D eigenvalue weighted by Crippen LogP contribution is -2.52. The normalized spacial score (nSPS) is 18.8. The lowest BCUT2D eigenvalue weighted by atomic mass is 9.94. The molecule has 7 nitrogen and oxygen atoms in total. The molecular weight excluding hydrogens is 387 g/mol. The van der Waals surface area contributed by atoms with Gasteiger partial charge in [-0.05, 0) is 43.7 Å². The number of nitrogens with zero attached hydrogens (tertiary/aromatic N) is 2. The summed E-state index contributed by atoms with van der Waals surface area (Å²) in [5.41, 5.74) is -2.94. The Labute approximate surface area is 155 Å². The molecule has 1 fully saturated rings. The van der Waals surface area contributed by atoms with Gasteiger partial charge in [-0.3, -0.25) is 14.6 Å². The second-order valence-corrected chi connectivity index (χ2v) is 8.64. The van der Waals surface area contributed by atoms with Crippen LogP contribution in [0, 0.1) is 11.8 Å². The van der Waals surface area contributed by atoms with Crippen molar-refractivity contribution in [2.45, 2.75) is 44.3 Å². The van der Waals surface area contributed by atoms with E-state index < -0.39 is 33.6 Å². The Kier molecular flexibility index (Phi) is 6.48. The molecule has 1 amide bonds. The van der Waals surface area contributed by atoms with E-state index in [4.69, 9.17) is 4.84 Å². The molecule has 3 atom stereocenters. The number of alkyl halides is 3. The summed E-state index contributed by atoms with van der Waals surface area (Å²) < 4.78 is 62.3. The first-order chi connectivity index (χ1) is 12.5. The van der Waals surface area contributed by atoms with Gasteiger partial charge in [0, 0.05) is 25.0 Å². The van der Waals surface area contributed by atoms with Gasteiger partial charge >= 0.3 is 15.5 Å². The fourth-order valence-electron chi connectivity index (χ4n) is 2.81. The minimum atomic E-state index is -5.52. The number of amides is 1. The summed E-state index contributed by atoms with van der Waals surface area (Å²) in [6.07, 6.45) is 3.62. The van der Waals surface area contributed by atoms with Crippen molar-refractivity contribution in [3.63, 3.8) is 0 Å². The van der Waals surface area contributed by atoms with Gasteiger partial charge in [0.15, 0.2) is 0 Å². The zero-order valence-corrected chi connectivity index (χ0v) is 15.9. The molecule has 152 valence electrons. The highest BCUT2D eigenvalue weighted by Crippen LogP contribution is 2.40. The Hall–Kier alpha value is -1.72. The third kappa shape index (κ3) is 4.96. The monoisotopic (exact) mass is 409 g/mol. The first-order valence-electron chi connectivity index (χ1n) is 8.37. The number of likely N-dealkylation sites (N-methyl/N-ethyl adjacent to an activating group) is 1. The van der Waals surface area contributed by atoms with E-state index in [0.717, 1.165) is 19.9 Å². The second-order valence-electron chi connectivity index (χ2n) is 6.65. The maximum atomic E-state index is 12.9. The predicted octanol–water partition coefficient (Wildman–Crippen LogP) is 2.33. The summed E-state index contributed by atoms with van der Waals surface area (Å²) in [6.45, 7) is 3.09. The van der Waals surface area contributed by atoms with Gasteiger partial charge in [0.25, 0.3) is 5.91 Å². The summed E-state index contributed by atoms with van der Waals surface area (Å²) >= 11 is 0. The Morgan fingerprint density at radius 3 is 2.33 bits per heavy atom. The number of rotatable bonds is 8. The van der Waals surface area contributed by atoms with Crippen molar-refractivity contribution in [3.05, 3.63) is 30.1 Å². The summed E-state index contributed by atoms with van der Waals surface area (Å²) in [6, 6.07) is 1.74. The molecule has 2 rings (SSSR count). The molecule has 1 saturated carbocycles. The molecule has 1 aliphatic rings. The fourth-order valence-corrected chi connectivity index (χ4v) is 3.69. The Balaban J connectivity index is 2.15. The quantitative estimate of drug-likeness (QED) is 0.666. The van der Waals surface area contributed by atoms with Crippen molar-refractivity contribution in [3.8, 4) is 0 Å². The van der Waals surface area contributed by atoms with Gasteiger partial charge in [-0.2, -0.15) is 17.5 Å². The Bertz CT molecular complexity index is 754. The van der Waals surface area contributed by atoms with Crippen LogP contribution in [0.4, 0.5) is 13.2 Å². The van der Waals surface area contributed by atoms with Crippen molar-refractivity contribution in [2.75, 3.05) is 7.05 Å². The van der Waals surface area contributed by atoms with Gasteiger partial charge in [-0.1, -0.05) is 6.92 Å². The summed E-state index contributed by atoms with van der Waals surface area (Å²) in [7, 11) is -4.66. The van der Waals surface area contributed by atoms with Crippen LogP contribution in [0.2, 0.25) is 0 Å². The van der Waals surface area contributed by atoms with E-state index in [0.29, 0.717) is 0 Å². The molecule has 1 aliphatic carbocycles. The number of hydrogen-bond donors (Lipinski definition) is 1. The van der Waals surface area contributed by atoms with E-state index in [9.17, 15) is 26.4 Å². The molecular formula is C16H22F3N3O4S. The molecule has 0 radical (unpaired) electrons. The number of carbonyl (C=O) groups excluding carboxylic acids is 1. The number of hydrogen-bond acceptors (Lipinski definition) is 5. The van der Waals surface area contributed by atoms with E-state index in [2.05, 4.69) is 10.5 Å². The lowest BCUT2D eigenvalue weighted by molar-refractivity contribution is -0.0764. The summed E-state index contributed by atoms with van der Waals surface area (Å²) in [5.74, 6) is -0.639. The molecule has 1 N–H and O–H groups in total. The van der Waals surface area contributed by atoms with Crippen LogP contribution in [-0.2, 0) is 14.9 Å². The molecule has 1 aromatic rings. The minimum Gasteiger partial charge on any atom is -0.268 e. The average Bonchev–Trinajstić information content (AvgIpc) is 3.45. The topological polar surface area (TPSA) is 88.6 Å². The highest BCUT2D eigenvalue weighted by atomic mass is 32.2. The van der Waals surface area contributed by atoms with Crippen molar-refractivity contribution in [1.82, 2.24) is 14.8 Å². The smallest absolute Gasteiger partial charge is 0.268 e. The molecule has 2 unspecified atom stereocenters.